The number of oxime groups is 1. The molecule has 0 aliphatic heterocycles. The quantitative estimate of drug-likeness (QED) is 0.536. The minimum absolute atomic E-state index is 0.126. The van der Waals surface area contributed by atoms with Crippen LogP contribution in [0.25, 0.3) is 0 Å². The molecule has 0 heterocycles. The van der Waals surface area contributed by atoms with Crippen molar-refractivity contribution >= 4 is 5.71 Å². The van der Waals surface area contributed by atoms with Gasteiger partial charge in [-0.25, -0.2) is 0 Å². The molecule has 0 aliphatic rings. The first kappa shape index (κ1) is 11.8. The van der Waals surface area contributed by atoms with Crippen LogP contribution in [-0.4, -0.2) is 12.8 Å². The molecule has 2 heteroatoms. The molecular weight excluding hydrogens is 186 g/mol. The molecule has 1 rings (SSSR count). The van der Waals surface area contributed by atoms with E-state index in [9.17, 15) is 0 Å². The van der Waals surface area contributed by atoms with Crippen molar-refractivity contribution in [2.45, 2.75) is 33.1 Å². The molecular formula is C13H19NO. The molecule has 0 atom stereocenters. The van der Waals surface area contributed by atoms with E-state index in [4.69, 9.17) is 4.84 Å². The van der Waals surface area contributed by atoms with E-state index in [1.165, 1.54) is 5.56 Å². The first-order chi connectivity index (χ1) is 6.96. The zero-order chi connectivity index (χ0) is 11.5. The molecule has 0 saturated carbocycles. The molecule has 15 heavy (non-hydrogen) atoms. The number of hydrogen-bond donors (Lipinski definition) is 0. The maximum absolute atomic E-state index is 4.81. The molecule has 1 aromatic rings. The van der Waals surface area contributed by atoms with E-state index in [2.05, 4.69) is 44.1 Å². The van der Waals surface area contributed by atoms with Crippen molar-refractivity contribution in [2.24, 2.45) is 5.16 Å². The Balaban J connectivity index is 3.24. The zero-order valence-electron chi connectivity index (χ0n) is 10.2. The van der Waals surface area contributed by atoms with Crippen LogP contribution in [0.3, 0.4) is 0 Å². The van der Waals surface area contributed by atoms with Crippen LogP contribution in [0.2, 0.25) is 0 Å². The van der Waals surface area contributed by atoms with Gasteiger partial charge in [0.05, 0.1) is 5.71 Å². The first-order valence-corrected chi connectivity index (χ1v) is 5.14. The second-order valence-corrected chi connectivity index (χ2v) is 4.65. The number of rotatable bonds is 2. The molecule has 0 radical (unpaired) electrons. The van der Waals surface area contributed by atoms with E-state index in [0.717, 1.165) is 11.3 Å². The van der Waals surface area contributed by atoms with Crippen molar-refractivity contribution < 1.29 is 4.84 Å². The van der Waals surface area contributed by atoms with Crippen molar-refractivity contribution in [3.05, 3.63) is 35.4 Å². The molecule has 0 bridgehead atoms. The van der Waals surface area contributed by atoms with Crippen molar-refractivity contribution in [1.82, 2.24) is 0 Å². The highest BCUT2D eigenvalue weighted by Crippen LogP contribution is 2.26. The Labute approximate surface area is 91.9 Å². The summed E-state index contributed by atoms with van der Waals surface area (Å²) < 4.78 is 0. The van der Waals surface area contributed by atoms with Crippen LogP contribution in [0.4, 0.5) is 0 Å². The molecule has 0 saturated heterocycles. The fraction of sp³-hybridized carbons (Fsp3) is 0.462. The average molecular weight is 205 g/mol. The maximum Gasteiger partial charge on any atom is 0.106 e. The monoisotopic (exact) mass is 205 g/mol. The fourth-order valence-corrected chi connectivity index (χ4v) is 1.64. The highest BCUT2D eigenvalue weighted by Gasteiger charge is 2.18. The van der Waals surface area contributed by atoms with Crippen LogP contribution in [0.15, 0.2) is 29.4 Å². The van der Waals surface area contributed by atoms with Crippen LogP contribution in [0.1, 0.15) is 38.8 Å². The van der Waals surface area contributed by atoms with Crippen LogP contribution < -0.4 is 0 Å². The van der Waals surface area contributed by atoms with Gasteiger partial charge < -0.3 is 4.84 Å². The van der Waals surface area contributed by atoms with Crippen molar-refractivity contribution in [2.75, 3.05) is 7.11 Å². The van der Waals surface area contributed by atoms with Gasteiger partial charge in [-0.05, 0) is 17.9 Å². The summed E-state index contributed by atoms with van der Waals surface area (Å²) in [5.41, 5.74) is 3.50. The lowest BCUT2D eigenvalue weighted by Gasteiger charge is -2.22. The summed E-state index contributed by atoms with van der Waals surface area (Å²) in [5.74, 6) is 0. The molecule has 0 aliphatic carbocycles. The van der Waals surface area contributed by atoms with Gasteiger partial charge >= 0.3 is 0 Å². The van der Waals surface area contributed by atoms with Crippen LogP contribution in [0.5, 0.6) is 0 Å². The van der Waals surface area contributed by atoms with E-state index < -0.39 is 0 Å². The smallest absolute Gasteiger partial charge is 0.106 e. The van der Waals surface area contributed by atoms with Crippen LogP contribution in [0, 0.1) is 0 Å². The van der Waals surface area contributed by atoms with Gasteiger partial charge in [0, 0.05) is 5.56 Å². The molecule has 2 nitrogen and oxygen atoms in total. The standard InChI is InChI=1S/C13H19NO/c1-10(14-15-5)11-8-6-7-9-12(11)13(2,3)4/h6-9H,1-5H3. The molecule has 0 spiro atoms. The van der Waals surface area contributed by atoms with E-state index in [1.54, 1.807) is 7.11 Å². The topological polar surface area (TPSA) is 21.6 Å². The molecule has 0 fully saturated rings. The second-order valence-electron chi connectivity index (χ2n) is 4.65. The van der Waals surface area contributed by atoms with Gasteiger partial charge in [-0.15, -0.1) is 0 Å². The average Bonchev–Trinajstić information content (AvgIpc) is 2.17. The van der Waals surface area contributed by atoms with Gasteiger partial charge in [0.1, 0.15) is 7.11 Å². The summed E-state index contributed by atoms with van der Waals surface area (Å²) in [6, 6.07) is 8.31. The predicted molar refractivity (Wildman–Crippen MR) is 64.4 cm³/mol. The maximum atomic E-state index is 4.81. The van der Waals surface area contributed by atoms with Gasteiger partial charge in [-0.3, -0.25) is 0 Å². The third-order valence-electron chi connectivity index (χ3n) is 2.35. The Hall–Kier alpha value is -1.31. The molecule has 0 amide bonds. The lowest BCUT2D eigenvalue weighted by Crippen LogP contribution is -2.16. The lowest BCUT2D eigenvalue weighted by molar-refractivity contribution is 0.213. The Morgan fingerprint density at radius 2 is 1.80 bits per heavy atom. The van der Waals surface area contributed by atoms with E-state index in [1.807, 2.05) is 13.0 Å². The van der Waals surface area contributed by atoms with Crippen molar-refractivity contribution in [3.63, 3.8) is 0 Å². The van der Waals surface area contributed by atoms with Crippen molar-refractivity contribution in [1.29, 1.82) is 0 Å². The van der Waals surface area contributed by atoms with Crippen LogP contribution >= 0.6 is 0 Å². The first-order valence-electron chi connectivity index (χ1n) is 5.14. The summed E-state index contributed by atoms with van der Waals surface area (Å²) in [7, 11) is 1.57. The third kappa shape index (κ3) is 2.82. The van der Waals surface area contributed by atoms with Crippen molar-refractivity contribution in [3.8, 4) is 0 Å². The number of benzene rings is 1. The van der Waals surface area contributed by atoms with Crippen LogP contribution in [-0.2, 0) is 10.3 Å². The van der Waals surface area contributed by atoms with Gasteiger partial charge in [-0.2, -0.15) is 0 Å². The predicted octanol–water partition coefficient (Wildman–Crippen LogP) is 3.35. The molecule has 0 unspecified atom stereocenters. The van der Waals surface area contributed by atoms with Gasteiger partial charge in [-0.1, -0.05) is 50.2 Å². The minimum atomic E-state index is 0.126. The molecule has 0 aromatic heterocycles. The van der Waals surface area contributed by atoms with E-state index >= 15 is 0 Å². The summed E-state index contributed by atoms with van der Waals surface area (Å²) in [4.78, 5) is 4.81. The second kappa shape index (κ2) is 4.47. The number of hydrogen-bond acceptors (Lipinski definition) is 2. The largest absolute Gasteiger partial charge is 0.399 e. The molecule has 0 N–H and O–H groups in total. The Bertz CT molecular complexity index is 361. The summed E-state index contributed by atoms with van der Waals surface area (Å²) in [6.07, 6.45) is 0. The Morgan fingerprint density at radius 3 is 2.33 bits per heavy atom. The van der Waals surface area contributed by atoms with Gasteiger partial charge in [0.25, 0.3) is 0 Å². The third-order valence-corrected chi connectivity index (χ3v) is 2.35. The number of nitrogens with zero attached hydrogens (tertiary/aromatic N) is 1. The SMILES string of the molecule is CON=C(C)c1ccccc1C(C)(C)C. The highest BCUT2D eigenvalue weighted by molar-refractivity contribution is 5.99. The van der Waals surface area contributed by atoms with E-state index in [-0.39, 0.29) is 5.41 Å². The highest BCUT2D eigenvalue weighted by atomic mass is 16.6. The lowest BCUT2D eigenvalue weighted by atomic mass is 9.83. The van der Waals surface area contributed by atoms with Gasteiger partial charge in [0.2, 0.25) is 0 Å². The Morgan fingerprint density at radius 1 is 1.20 bits per heavy atom. The molecule has 1 aromatic carbocycles. The van der Waals surface area contributed by atoms with Gasteiger partial charge in [0.15, 0.2) is 0 Å². The fourth-order valence-electron chi connectivity index (χ4n) is 1.64. The molecule has 82 valence electrons. The summed E-state index contributed by atoms with van der Waals surface area (Å²) >= 11 is 0. The normalized spacial score (nSPS) is 12.7. The minimum Gasteiger partial charge on any atom is -0.399 e. The summed E-state index contributed by atoms with van der Waals surface area (Å²) in [6.45, 7) is 8.57. The Kier molecular flexibility index (Phi) is 3.51. The summed E-state index contributed by atoms with van der Waals surface area (Å²) in [5, 5.41) is 3.99. The zero-order valence-corrected chi connectivity index (χ0v) is 10.2. The van der Waals surface area contributed by atoms with E-state index in [0.29, 0.717) is 0 Å².